The van der Waals surface area contributed by atoms with E-state index in [9.17, 15) is 0 Å². The van der Waals surface area contributed by atoms with Gasteiger partial charge >= 0.3 is 0 Å². The number of rotatable bonds is 4. The van der Waals surface area contributed by atoms with E-state index in [1.54, 1.807) is 22.3 Å². The molecule has 0 spiro atoms. The van der Waals surface area contributed by atoms with E-state index in [0.717, 1.165) is 71.0 Å². The van der Waals surface area contributed by atoms with Crippen molar-refractivity contribution in [3.8, 4) is 0 Å². The average Bonchev–Trinajstić information content (AvgIpc) is 3.69. The van der Waals surface area contributed by atoms with E-state index in [4.69, 9.17) is 0 Å². The molecule has 7 fully saturated rings. The summed E-state index contributed by atoms with van der Waals surface area (Å²) in [5.74, 6) is 14.0. The van der Waals surface area contributed by atoms with Gasteiger partial charge < -0.3 is 0 Å². The Bertz CT molecular complexity index is 1470. The van der Waals surface area contributed by atoms with E-state index in [1.165, 1.54) is 51.4 Å². The van der Waals surface area contributed by atoms with Crippen LogP contribution in [0.5, 0.6) is 0 Å². The van der Waals surface area contributed by atoms with Crippen molar-refractivity contribution in [3.63, 3.8) is 0 Å². The molecule has 0 nitrogen and oxygen atoms in total. The predicted octanol–water partition coefficient (Wildman–Crippen LogP) is 11.7. The number of benzene rings is 4. The second-order valence-corrected chi connectivity index (χ2v) is 17.7. The molecule has 0 heteroatoms. The molecule has 12 atom stereocenters. The van der Waals surface area contributed by atoms with Gasteiger partial charge in [0.05, 0.1) is 0 Å². The smallest absolute Gasteiger partial charge is 0.00591 e. The molecule has 7 aliphatic rings. The van der Waals surface area contributed by atoms with Gasteiger partial charge in [-0.15, -0.1) is 0 Å². The average molecular weight is 629 g/mol. The zero-order chi connectivity index (χ0) is 31.3. The van der Waals surface area contributed by atoms with Crippen LogP contribution in [0.2, 0.25) is 0 Å². The molecule has 48 heavy (non-hydrogen) atoms. The van der Waals surface area contributed by atoms with Gasteiger partial charge in [-0.2, -0.15) is 0 Å². The molecule has 0 radical (unpaired) electrons. The van der Waals surface area contributed by atoms with Crippen molar-refractivity contribution >= 4 is 0 Å². The summed E-state index contributed by atoms with van der Waals surface area (Å²) in [6.45, 7) is 0. The summed E-state index contributed by atoms with van der Waals surface area (Å²) in [4.78, 5) is 0. The van der Waals surface area contributed by atoms with Gasteiger partial charge in [-0.3, -0.25) is 0 Å². The molecule has 7 saturated carbocycles. The Hall–Kier alpha value is -3.12. The summed E-state index contributed by atoms with van der Waals surface area (Å²) in [5.41, 5.74) is 6.56. The molecule has 4 aromatic rings. The topological polar surface area (TPSA) is 0 Å². The molecule has 0 heterocycles. The van der Waals surface area contributed by atoms with E-state index in [0.29, 0.717) is 23.7 Å². The third kappa shape index (κ3) is 4.01. The zero-order valence-corrected chi connectivity index (χ0v) is 28.4. The molecule has 0 aromatic heterocycles. The van der Waals surface area contributed by atoms with Crippen molar-refractivity contribution in [2.45, 2.75) is 75.0 Å². The number of hydrogen-bond donors (Lipinski definition) is 0. The highest BCUT2D eigenvalue weighted by Crippen LogP contribution is 2.76. The second-order valence-electron chi connectivity index (χ2n) is 17.7. The SMILES string of the molecule is c1ccc(C2C3CCC4C5CCC6C(c7ccccc7)C(c7ccccc7)C7CCC(C8CCC(C2c2ccccc2)C3C48)C5C67)cc1. The van der Waals surface area contributed by atoms with E-state index < -0.39 is 0 Å². The van der Waals surface area contributed by atoms with Gasteiger partial charge in [0.2, 0.25) is 0 Å². The van der Waals surface area contributed by atoms with Crippen LogP contribution in [0.25, 0.3) is 0 Å². The van der Waals surface area contributed by atoms with Crippen LogP contribution in [0.1, 0.15) is 97.3 Å². The highest BCUT2D eigenvalue weighted by molar-refractivity contribution is 5.37. The molecule has 7 aliphatic carbocycles. The summed E-state index contributed by atoms with van der Waals surface area (Å²) in [6, 6.07) is 47.5. The molecule has 0 N–H and O–H groups in total. The van der Waals surface area contributed by atoms with Gasteiger partial charge in [-0.25, -0.2) is 0 Å². The van der Waals surface area contributed by atoms with Gasteiger partial charge in [-0.1, -0.05) is 121 Å². The van der Waals surface area contributed by atoms with Gasteiger partial charge in [0, 0.05) is 0 Å². The molecule has 0 bridgehead atoms. The van der Waals surface area contributed by atoms with Crippen molar-refractivity contribution < 1.29 is 0 Å². The first-order chi connectivity index (χ1) is 23.9. The van der Waals surface area contributed by atoms with Crippen LogP contribution in [-0.4, -0.2) is 0 Å². The summed E-state index contributed by atoms with van der Waals surface area (Å²) in [6.07, 6.45) is 12.0. The first kappa shape index (κ1) is 28.7. The summed E-state index contributed by atoms with van der Waals surface area (Å²) in [7, 11) is 0. The normalized spacial score (nSPS) is 44.8. The van der Waals surface area contributed by atoms with E-state index >= 15 is 0 Å². The molecule has 0 aliphatic heterocycles. The minimum atomic E-state index is 0.695. The lowest BCUT2D eigenvalue weighted by atomic mass is 9.40. The molecule has 0 amide bonds. The Morgan fingerprint density at radius 3 is 0.646 bits per heavy atom. The lowest BCUT2D eigenvalue weighted by Gasteiger charge is -2.65. The number of hydrogen-bond acceptors (Lipinski definition) is 0. The first-order valence-corrected chi connectivity index (χ1v) is 20.1. The van der Waals surface area contributed by atoms with Crippen LogP contribution >= 0.6 is 0 Å². The van der Waals surface area contributed by atoms with Crippen molar-refractivity contribution in [2.75, 3.05) is 0 Å². The van der Waals surface area contributed by atoms with Crippen LogP contribution in [0.4, 0.5) is 0 Å². The van der Waals surface area contributed by atoms with Gasteiger partial charge in [0.1, 0.15) is 0 Å². The van der Waals surface area contributed by atoms with Crippen LogP contribution in [0, 0.1) is 71.0 Å². The lowest BCUT2D eigenvalue weighted by molar-refractivity contribution is -0.168. The third-order valence-electron chi connectivity index (χ3n) is 16.6. The van der Waals surface area contributed by atoms with Crippen molar-refractivity contribution in [3.05, 3.63) is 144 Å². The Labute approximate surface area is 288 Å². The monoisotopic (exact) mass is 628 g/mol. The van der Waals surface area contributed by atoms with Crippen molar-refractivity contribution in [1.82, 2.24) is 0 Å². The molecule has 12 unspecified atom stereocenters. The van der Waals surface area contributed by atoms with Crippen LogP contribution in [0.3, 0.4) is 0 Å². The predicted molar refractivity (Wildman–Crippen MR) is 196 cm³/mol. The first-order valence-electron chi connectivity index (χ1n) is 20.1. The molecule has 11 rings (SSSR count). The van der Waals surface area contributed by atoms with Crippen molar-refractivity contribution in [2.24, 2.45) is 71.0 Å². The van der Waals surface area contributed by atoms with Gasteiger partial charge in [-0.05, 0) is 168 Å². The maximum Gasteiger partial charge on any atom is -0.00591 e. The lowest BCUT2D eigenvalue weighted by Crippen LogP contribution is -2.59. The Kier molecular flexibility index (Phi) is 6.69. The Morgan fingerprint density at radius 2 is 0.417 bits per heavy atom. The van der Waals surface area contributed by atoms with Crippen LogP contribution in [0.15, 0.2) is 121 Å². The summed E-state index contributed by atoms with van der Waals surface area (Å²) in [5, 5.41) is 0. The van der Waals surface area contributed by atoms with Crippen molar-refractivity contribution in [1.29, 1.82) is 0 Å². The highest BCUT2D eigenvalue weighted by Gasteiger charge is 2.68. The van der Waals surface area contributed by atoms with Crippen LogP contribution in [-0.2, 0) is 0 Å². The molecule has 4 aromatic carbocycles. The molecular formula is C48H52. The third-order valence-corrected chi connectivity index (χ3v) is 16.6. The fourth-order valence-corrected chi connectivity index (χ4v) is 15.9. The van der Waals surface area contributed by atoms with Gasteiger partial charge in [0.25, 0.3) is 0 Å². The summed E-state index contributed by atoms with van der Waals surface area (Å²) < 4.78 is 0. The van der Waals surface area contributed by atoms with Crippen LogP contribution < -0.4 is 0 Å². The zero-order valence-electron chi connectivity index (χ0n) is 28.4. The molecule has 0 saturated heterocycles. The largest absolute Gasteiger partial charge is 0.0622 e. The Balaban J connectivity index is 0.988. The minimum absolute atomic E-state index is 0.695. The quantitative estimate of drug-likeness (QED) is 0.211. The molecular weight excluding hydrogens is 577 g/mol. The van der Waals surface area contributed by atoms with E-state index in [2.05, 4.69) is 121 Å². The maximum absolute atomic E-state index is 2.49. The van der Waals surface area contributed by atoms with Gasteiger partial charge in [0.15, 0.2) is 0 Å². The summed E-state index contributed by atoms with van der Waals surface area (Å²) >= 11 is 0. The fourth-order valence-electron chi connectivity index (χ4n) is 15.9. The highest BCUT2D eigenvalue weighted by atomic mass is 14.7. The second kappa shape index (κ2) is 11.2. The van der Waals surface area contributed by atoms with E-state index in [-0.39, 0.29) is 0 Å². The Morgan fingerprint density at radius 1 is 0.229 bits per heavy atom. The maximum atomic E-state index is 2.49. The van der Waals surface area contributed by atoms with E-state index in [1.807, 2.05) is 0 Å². The molecule has 244 valence electrons. The minimum Gasteiger partial charge on any atom is -0.0622 e. The standard InChI is InChI=1S/C48H52/c1-5-13-29(14-6-1)41-37-25-21-33-35-23-27-39-43(31-17-9-3-10-18-31)44(32-19-11-4-12-20-32)40-28-24-36(46(35)48(39)40)34-22-26-38(47(37)45(33)34)42(41)30-15-7-2-8-16-30/h1-20,33-48H,21-28H2. The fraction of sp³-hybridized carbons (Fsp3) is 0.500. The number of fused-ring (bicyclic) bond motifs is 2.